The number of halogens is 3. The van der Waals surface area contributed by atoms with Gasteiger partial charge in [0.05, 0.1) is 17.0 Å². The van der Waals surface area contributed by atoms with Gasteiger partial charge in [0.1, 0.15) is 4.90 Å². The second kappa shape index (κ2) is 7.24. The summed E-state index contributed by atoms with van der Waals surface area (Å²) >= 11 is 0.866. The molecule has 0 unspecified atom stereocenters. The van der Waals surface area contributed by atoms with Crippen molar-refractivity contribution in [3.8, 4) is 0 Å². The van der Waals surface area contributed by atoms with Gasteiger partial charge in [-0.2, -0.15) is 21.6 Å². The summed E-state index contributed by atoms with van der Waals surface area (Å²) in [5.41, 5.74) is -0.261. The highest BCUT2D eigenvalue weighted by molar-refractivity contribution is 8.15. The molecule has 1 heterocycles. The van der Waals surface area contributed by atoms with Gasteiger partial charge in [0.15, 0.2) is 5.17 Å². The number of amidine groups is 1. The lowest BCUT2D eigenvalue weighted by atomic mass is 10.2. The minimum Gasteiger partial charge on any atom is -0.333 e. The molecule has 0 atom stereocenters. The van der Waals surface area contributed by atoms with E-state index in [-0.39, 0.29) is 21.5 Å². The topological polar surface area (TPSA) is 87.6 Å². The first kappa shape index (κ1) is 19.2. The van der Waals surface area contributed by atoms with Crippen LogP contribution in [0.5, 0.6) is 0 Å². The summed E-state index contributed by atoms with van der Waals surface area (Å²) in [5, 5.41) is 5.30. The van der Waals surface area contributed by atoms with Crippen LogP contribution in [0.4, 0.5) is 24.5 Å². The molecule has 0 saturated carbocycles. The van der Waals surface area contributed by atoms with Gasteiger partial charge in [-0.1, -0.05) is 23.9 Å². The first-order valence-corrected chi connectivity index (χ1v) is 9.89. The molecule has 2 aromatic carbocycles. The summed E-state index contributed by atoms with van der Waals surface area (Å²) in [6.45, 7) is 0. The van der Waals surface area contributed by atoms with Gasteiger partial charge in [-0.05, 0) is 36.4 Å². The van der Waals surface area contributed by atoms with Crippen LogP contribution in [-0.4, -0.2) is 25.2 Å². The van der Waals surface area contributed by atoms with Gasteiger partial charge in [0.25, 0.3) is 10.0 Å². The molecule has 6 nitrogen and oxygen atoms in total. The molecule has 2 N–H and O–H groups in total. The number of alkyl halides is 3. The van der Waals surface area contributed by atoms with E-state index < -0.39 is 27.7 Å². The predicted molar refractivity (Wildman–Crippen MR) is 97.2 cm³/mol. The third-order valence-electron chi connectivity index (χ3n) is 3.45. The minimum atomic E-state index is -4.45. The molecule has 0 bridgehead atoms. The highest BCUT2D eigenvalue weighted by Gasteiger charge is 2.30. The first-order valence-electron chi connectivity index (χ1n) is 7.46. The molecule has 0 aromatic heterocycles. The summed E-state index contributed by atoms with van der Waals surface area (Å²) in [5.74, 6) is -0.689. The molecule has 1 aliphatic heterocycles. The number of nitrogens with zero attached hydrogens (tertiary/aromatic N) is 1. The van der Waals surface area contributed by atoms with Crippen LogP contribution in [-0.2, 0) is 21.0 Å². The molecular weight excluding hydrogens is 403 g/mol. The summed E-state index contributed by atoms with van der Waals surface area (Å²) in [4.78, 5) is 12.0. The summed E-state index contributed by atoms with van der Waals surface area (Å²) in [7, 11) is -3.85. The number of fused-ring (bicyclic) bond motifs is 1. The van der Waals surface area contributed by atoms with E-state index in [0.29, 0.717) is 5.69 Å². The van der Waals surface area contributed by atoms with Crippen molar-refractivity contribution in [3.63, 3.8) is 0 Å². The van der Waals surface area contributed by atoms with Gasteiger partial charge < -0.3 is 10.6 Å². The Balaban J connectivity index is 1.61. The van der Waals surface area contributed by atoms with Gasteiger partial charge >= 0.3 is 6.18 Å². The number of carbonyl (C=O) groups excluding carboxylic acids is 1. The van der Waals surface area contributed by atoms with Crippen molar-refractivity contribution in [1.82, 2.24) is 0 Å². The number of nitrogens with one attached hydrogen (secondary N) is 2. The van der Waals surface area contributed by atoms with Crippen molar-refractivity contribution in [1.29, 1.82) is 0 Å². The number of amides is 1. The zero-order valence-corrected chi connectivity index (χ0v) is 15.1. The zero-order valence-electron chi connectivity index (χ0n) is 13.4. The Morgan fingerprint density at radius 3 is 2.44 bits per heavy atom. The fourth-order valence-electron chi connectivity index (χ4n) is 2.23. The third kappa shape index (κ3) is 4.61. The Labute approximate surface area is 156 Å². The monoisotopic (exact) mass is 415 g/mol. The van der Waals surface area contributed by atoms with Gasteiger partial charge in [-0.3, -0.25) is 4.79 Å². The quantitative estimate of drug-likeness (QED) is 0.801. The number of carbonyl (C=O) groups is 1. The lowest BCUT2D eigenvalue weighted by Crippen LogP contribution is -2.22. The van der Waals surface area contributed by atoms with Crippen molar-refractivity contribution in [2.75, 3.05) is 16.4 Å². The van der Waals surface area contributed by atoms with Gasteiger partial charge in [-0.25, -0.2) is 0 Å². The highest BCUT2D eigenvalue weighted by Crippen LogP contribution is 2.30. The number of para-hydroxylation sites is 1. The van der Waals surface area contributed by atoms with Crippen molar-refractivity contribution < 1.29 is 26.4 Å². The number of thioether (sulfide) groups is 1. The van der Waals surface area contributed by atoms with Crippen LogP contribution in [0.2, 0.25) is 0 Å². The van der Waals surface area contributed by atoms with Crippen molar-refractivity contribution in [3.05, 3.63) is 54.1 Å². The predicted octanol–water partition coefficient (Wildman–Crippen LogP) is 3.55. The lowest BCUT2D eigenvalue weighted by molar-refractivity contribution is -0.137. The Morgan fingerprint density at radius 2 is 1.78 bits per heavy atom. The van der Waals surface area contributed by atoms with E-state index in [4.69, 9.17) is 0 Å². The summed E-state index contributed by atoms with van der Waals surface area (Å²) < 4.78 is 65.4. The van der Waals surface area contributed by atoms with Crippen LogP contribution in [0.3, 0.4) is 0 Å². The average Bonchev–Trinajstić information content (AvgIpc) is 2.59. The maximum Gasteiger partial charge on any atom is 0.416 e. The van der Waals surface area contributed by atoms with Crippen LogP contribution in [0.1, 0.15) is 5.56 Å². The SMILES string of the molecule is O=C(CSC1=NS(=O)(=O)c2ccccc2N1)Nc1ccc(C(F)(F)F)cc1. The molecular formula is C16H12F3N3O3S2. The van der Waals surface area contributed by atoms with Crippen molar-refractivity contribution in [2.24, 2.45) is 4.40 Å². The van der Waals surface area contributed by atoms with Crippen LogP contribution in [0.15, 0.2) is 57.8 Å². The van der Waals surface area contributed by atoms with E-state index in [0.717, 1.165) is 36.0 Å². The fraction of sp³-hybridized carbons (Fsp3) is 0.125. The largest absolute Gasteiger partial charge is 0.416 e. The molecule has 11 heteroatoms. The third-order valence-corrected chi connectivity index (χ3v) is 5.77. The smallest absolute Gasteiger partial charge is 0.333 e. The standard InChI is InChI=1S/C16H12F3N3O3S2/c17-16(18,19)10-5-7-11(8-6-10)20-14(23)9-26-15-21-12-3-1-2-4-13(12)27(24,25)22-15/h1-8H,9H2,(H,20,23)(H,21,22). The summed E-state index contributed by atoms with van der Waals surface area (Å²) in [6, 6.07) is 10.2. The van der Waals surface area contributed by atoms with Crippen molar-refractivity contribution in [2.45, 2.75) is 11.1 Å². The highest BCUT2D eigenvalue weighted by atomic mass is 32.2. The first-order chi connectivity index (χ1) is 12.6. The van der Waals surface area contributed by atoms with E-state index in [2.05, 4.69) is 15.0 Å². The Morgan fingerprint density at radius 1 is 1.11 bits per heavy atom. The molecule has 1 aliphatic rings. The van der Waals surface area contributed by atoms with E-state index in [1.54, 1.807) is 18.2 Å². The molecule has 0 fully saturated rings. The molecule has 0 spiro atoms. The van der Waals surface area contributed by atoms with Gasteiger partial charge in [0.2, 0.25) is 5.91 Å². The van der Waals surface area contributed by atoms with Crippen LogP contribution >= 0.6 is 11.8 Å². The molecule has 0 saturated heterocycles. The molecule has 0 radical (unpaired) electrons. The number of hydrogen-bond acceptors (Lipinski definition) is 5. The van der Waals surface area contributed by atoms with E-state index in [1.807, 2.05) is 0 Å². The number of sulfonamides is 1. The zero-order chi connectivity index (χ0) is 19.7. The second-order valence-corrected chi connectivity index (χ2v) is 7.94. The Kier molecular flexibility index (Phi) is 5.16. The average molecular weight is 415 g/mol. The van der Waals surface area contributed by atoms with Crippen molar-refractivity contribution >= 4 is 44.2 Å². The number of hydrogen-bond donors (Lipinski definition) is 2. The van der Waals surface area contributed by atoms with E-state index in [1.165, 1.54) is 6.07 Å². The molecule has 27 heavy (non-hydrogen) atoms. The molecule has 0 aliphatic carbocycles. The number of anilines is 2. The maximum absolute atomic E-state index is 12.5. The Bertz CT molecular complexity index is 1000. The molecule has 1 amide bonds. The van der Waals surface area contributed by atoms with Gasteiger partial charge in [-0.15, -0.1) is 4.40 Å². The fourth-order valence-corrected chi connectivity index (χ4v) is 4.26. The number of rotatable bonds is 3. The molecule has 142 valence electrons. The lowest BCUT2D eigenvalue weighted by Gasteiger charge is -2.17. The van der Waals surface area contributed by atoms with Crippen LogP contribution in [0.25, 0.3) is 0 Å². The van der Waals surface area contributed by atoms with E-state index >= 15 is 0 Å². The molecule has 3 rings (SSSR count). The van der Waals surface area contributed by atoms with Crippen LogP contribution < -0.4 is 10.6 Å². The van der Waals surface area contributed by atoms with Gasteiger partial charge in [0, 0.05) is 5.69 Å². The maximum atomic E-state index is 12.5. The van der Waals surface area contributed by atoms with E-state index in [9.17, 15) is 26.4 Å². The second-order valence-electron chi connectivity index (χ2n) is 5.40. The number of benzene rings is 2. The normalized spacial score (nSPS) is 15.3. The van der Waals surface area contributed by atoms with Crippen LogP contribution in [0, 0.1) is 0 Å². The molecule has 2 aromatic rings. The summed E-state index contributed by atoms with van der Waals surface area (Å²) in [6.07, 6.45) is -4.45. The minimum absolute atomic E-state index is 0.0382. The Hall–Kier alpha value is -2.53.